The Bertz CT molecular complexity index is 453. The fourth-order valence-corrected chi connectivity index (χ4v) is 2.44. The minimum atomic E-state index is -0.581. The second kappa shape index (κ2) is 5.30. The van der Waals surface area contributed by atoms with Crippen molar-refractivity contribution in [1.82, 2.24) is 5.32 Å². The summed E-state index contributed by atoms with van der Waals surface area (Å²) in [6.45, 7) is 1.58. The average molecular weight is 253 g/mol. The normalized spacial score (nSPS) is 19.2. The number of benzene rings is 1. The number of anilines is 1. The van der Waals surface area contributed by atoms with Crippen LogP contribution in [-0.4, -0.2) is 31.1 Å². The van der Waals surface area contributed by atoms with Crippen molar-refractivity contribution in [2.45, 2.75) is 18.9 Å². The highest BCUT2D eigenvalue weighted by Gasteiger charge is 2.26. The van der Waals surface area contributed by atoms with E-state index in [1.807, 2.05) is 11.9 Å². The average Bonchev–Trinajstić information content (AvgIpc) is 2.77. The number of hydrogen-bond acceptors (Lipinski definition) is 4. The quantitative estimate of drug-likeness (QED) is 0.658. The molecule has 98 valence electrons. The summed E-state index contributed by atoms with van der Waals surface area (Å²) in [5.41, 5.74) is 0.249. The van der Waals surface area contributed by atoms with Crippen LogP contribution < -0.4 is 10.2 Å². The molecule has 1 heterocycles. The van der Waals surface area contributed by atoms with Gasteiger partial charge in [-0.2, -0.15) is 0 Å². The molecular weight excluding hydrogens is 237 g/mol. The topological polar surface area (TPSA) is 58.4 Å². The number of halogens is 1. The van der Waals surface area contributed by atoms with Crippen LogP contribution in [-0.2, 0) is 0 Å². The van der Waals surface area contributed by atoms with Gasteiger partial charge in [0.15, 0.2) is 5.82 Å². The molecule has 0 amide bonds. The van der Waals surface area contributed by atoms with Crippen LogP contribution in [0.5, 0.6) is 0 Å². The third kappa shape index (κ3) is 2.43. The van der Waals surface area contributed by atoms with Crippen LogP contribution in [0.1, 0.15) is 12.8 Å². The van der Waals surface area contributed by atoms with E-state index in [2.05, 4.69) is 5.32 Å². The summed E-state index contributed by atoms with van der Waals surface area (Å²) in [4.78, 5) is 12.0. The van der Waals surface area contributed by atoms with Crippen LogP contribution in [0.4, 0.5) is 15.8 Å². The summed E-state index contributed by atoms with van der Waals surface area (Å²) in [6, 6.07) is 4.10. The number of nitrogens with one attached hydrogen (secondary N) is 1. The van der Waals surface area contributed by atoms with E-state index in [9.17, 15) is 14.5 Å². The molecule has 1 N–H and O–H groups in total. The van der Waals surface area contributed by atoms with Crippen molar-refractivity contribution in [1.29, 1.82) is 0 Å². The molecular formula is C12H16FN3O2. The molecule has 5 nitrogen and oxygen atoms in total. The molecule has 0 aromatic heterocycles. The summed E-state index contributed by atoms with van der Waals surface area (Å²) in [5, 5.41) is 13.7. The molecule has 0 saturated carbocycles. The fraction of sp³-hybridized carbons (Fsp3) is 0.500. The lowest BCUT2D eigenvalue weighted by molar-refractivity contribution is -0.385. The number of likely N-dealkylation sites (N-methyl/N-ethyl adjacent to an activating group) is 1. The number of nitro groups is 1. The van der Waals surface area contributed by atoms with Crippen molar-refractivity contribution in [2.24, 2.45) is 0 Å². The molecule has 1 atom stereocenters. The van der Waals surface area contributed by atoms with Crippen LogP contribution in [0.2, 0.25) is 0 Å². The van der Waals surface area contributed by atoms with Gasteiger partial charge in [0.1, 0.15) is 0 Å². The van der Waals surface area contributed by atoms with Gasteiger partial charge in [-0.15, -0.1) is 0 Å². The molecule has 1 aliphatic rings. The Morgan fingerprint density at radius 1 is 1.61 bits per heavy atom. The number of nitrogens with zero attached hydrogens (tertiary/aromatic N) is 2. The minimum Gasteiger partial charge on any atom is -0.365 e. The molecule has 1 saturated heterocycles. The van der Waals surface area contributed by atoms with Crippen molar-refractivity contribution in [2.75, 3.05) is 25.0 Å². The molecule has 0 spiro atoms. The van der Waals surface area contributed by atoms with Crippen LogP contribution >= 0.6 is 0 Å². The highest BCUT2D eigenvalue weighted by Crippen LogP contribution is 2.29. The van der Waals surface area contributed by atoms with Gasteiger partial charge in [-0.3, -0.25) is 10.1 Å². The van der Waals surface area contributed by atoms with Crippen LogP contribution in [0.25, 0.3) is 0 Å². The second-order valence-corrected chi connectivity index (χ2v) is 4.44. The Kier molecular flexibility index (Phi) is 3.76. The first-order valence-electron chi connectivity index (χ1n) is 5.98. The van der Waals surface area contributed by atoms with Gasteiger partial charge < -0.3 is 10.2 Å². The highest BCUT2D eigenvalue weighted by molar-refractivity contribution is 5.53. The third-order valence-electron chi connectivity index (χ3n) is 3.27. The molecule has 2 rings (SSSR count). The zero-order chi connectivity index (χ0) is 13.1. The Morgan fingerprint density at radius 3 is 3.00 bits per heavy atom. The van der Waals surface area contributed by atoms with Crippen LogP contribution in [0.3, 0.4) is 0 Å². The molecule has 18 heavy (non-hydrogen) atoms. The standard InChI is InChI=1S/C12H16FN3O2/c1-14-8-10-3-2-6-15(10)12-5-4-9(16(17)18)7-11(12)13/h4-5,7,10,14H,2-3,6,8H2,1H3. The summed E-state index contributed by atoms with van der Waals surface area (Å²) in [6.07, 6.45) is 2.03. The number of non-ortho nitro benzene ring substituents is 1. The summed E-state index contributed by atoms with van der Waals surface area (Å²) in [5.74, 6) is -0.521. The lowest BCUT2D eigenvalue weighted by Crippen LogP contribution is -2.37. The first kappa shape index (κ1) is 12.8. The van der Waals surface area contributed by atoms with Gasteiger partial charge >= 0.3 is 0 Å². The number of hydrogen-bond donors (Lipinski definition) is 1. The van der Waals surface area contributed by atoms with Gasteiger partial charge in [-0.25, -0.2) is 4.39 Å². The Balaban J connectivity index is 2.25. The van der Waals surface area contributed by atoms with E-state index in [-0.39, 0.29) is 11.7 Å². The van der Waals surface area contributed by atoms with Gasteiger partial charge in [0.25, 0.3) is 5.69 Å². The van der Waals surface area contributed by atoms with E-state index in [0.29, 0.717) is 5.69 Å². The van der Waals surface area contributed by atoms with Crippen molar-refractivity contribution in [3.05, 3.63) is 34.1 Å². The van der Waals surface area contributed by atoms with Crippen molar-refractivity contribution >= 4 is 11.4 Å². The van der Waals surface area contributed by atoms with E-state index in [0.717, 1.165) is 32.0 Å². The molecule has 1 unspecified atom stereocenters. The first-order valence-corrected chi connectivity index (χ1v) is 5.98. The largest absolute Gasteiger partial charge is 0.365 e. The Labute approximate surface area is 105 Å². The minimum absolute atomic E-state index is 0.208. The molecule has 0 aliphatic carbocycles. The highest BCUT2D eigenvalue weighted by atomic mass is 19.1. The third-order valence-corrected chi connectivity index (χ3v) is 3.27. The number of rotatable bonds is 4. The summed E-state index contributed by atoms with van der Waals surface area (Å²) < 4.78 is 13.9. The second-order valence-electron chi connectivity index (χ2n) is 4.44. The number of nitro benzene ring substituents is 1. The smallest absolute Gasteiger partial charge is 0.272 e. The predicted molar refractivity (Wildman–Crippen MR) is 67.3 cm³/mol. The summed E-state index contributed by atoms with van der Waals surface area (Å²) >= 11 is 0. The zero-order valence-corrected chi connectivity index (χ0v) is 10.2. The molecule has 1 aromatic rings. The van der Waals surface area contributed by atoms with Crippen molar-refractivity contribution in [3.8, 4) is 0 Å². The molecule has 0 bridgehead atoms. The van der Waals surface area contributed by atoms with Gasteiger partial charge in [-0.1, -0.05) is 0 Å². The zero-order valence-electron chi connectivity index (χ0n) is 10.2. The van der Waals surface area contributed by atoms with Crippen LogP contribution in [0, 0.1) is 15.9 Å². The molecule has 0 radical (unpaired) electrons. The van der Waals surface area contributed by atoms with Crippen molar-refractivity contribution in [3.63, 3.8) is 0 Å². The van der Waals surface area contributed by atoms with Gasteiger partial charge in [0, 0.05) is 25.2 Å². The van der Waals surface area contributed by atoms with Gasteiger partial charge in [-0.05, 0) is 26.0 Å². The van der Waals surface area contributed by atoms with E-state index >= 15 is 0 Å². The monoisotopic (exact) mass is 253 g/mol. The molecule has 6 heteroatoms. The maximum Gasteiger partial charge on any atom is 0.272 e. The van der Waals surface area contributed by atoms with E-state index in [1.54, 1.807) is 0 Å². The molecule has 1 fully saturated rings. The van der Waals surface area contributed by atoms with E-state index in [4.69, 9.17) is 0 Å². The maximum absolute atomic E-state index is 13.9. The SMILES string of the molecule is CNCC1CCCN1c1ccc([N+](=O)[O-])cc1F. The summed E-state index contributed by atoms with van der Waals surface area (Å²) in [7, 11) is 1.86. The molecule has 1 aromatic carbocycles. The predicted octanol–water partition coefficient (Wildman–Crippen LogP) is 1.92. The van der Waals surface area contributed by atoms with E-state index in [1.165, 1.54) is 12.1 Å². The van der Waals surface area contributed by atoms with Gasteiger partial charge in [0.2, 0.25) is 0 Å². The lowest BCUT2D eigenvalue weighted by atomic mass is 10.2. The molecule has 1 aliphatic heterocycles. The fourth-order valence-electron chi connectivity index (χ4n) is 2.44. The van der Waals surface area contributed by atoms with Gasteiger partial charge in [0.05, 0.1) is 16.7 Å². The lowest BCUT2D eigenvalue weighted by Gasteiger charge is -2.26. The van der Waals surface area contributed by atoms with Crippen molar-refractivity contribution < 1.29 is 9.31 Å². The van der Waals surface area contributed by atoms with Crippen LogP contribution in [0.15, 0.2) is 18.2 Å². The maximum atomic E-state index is 13.9. The Morgan fingerprint density at radius 2 is 2.39 bits per heavy atom. The first-order chi connectivity index (χ1) is 8.63. The van der Waals surface area contributed by atoms with E-state index < -0.39 is 10.7 Å². The Hall–Kier alpha value is -1.69.